The molecule has 3 N–H and O–H groups in total. The van der Waals surface area contributed by atoms with E-state index in [0.29, 0.717) is 11.3 Å². The molecule has 0 saturated carbocycles. The van der Waals surface area contributed by atoms with Crippen LogP contribution in [0.4, 0.5) is 5.95 Å². The lowest BCUT2D eigenvalue weighted by Crippen LogP contribution is -2.27. The van der Waals surface area contributed by atoms with Gasteiger partial charge in [0.1, 0.15) is 0 Å². The Bertz CT molecular complexity index is 979. The average Bonchev–Trinajstić information content (AvgIpc) is 2.65. The molecular weight excluding hydrogens is 398 g/mol. The summed E-state index contributed by atoms with van der Waals surface area (Å²) in [5.74, 6) is -1.15. The normalized spacial score (nSPS) is 13.9. The molecular formula is C19H23N3O6S. The molecule has 1 heterocycles. The number of rotatable bonds is 9. The van der Waals surface area contributed by atoms with E-state index in [2.05, 4.69) is 9.97 Å². The van der Waals surface area contributed by atoms with Gasteiger partial charge >= 0.3 is 5.97 Å². The van der Waals surface area contributed by atoms with E-state index in [9.17, 15) is 23.4 Å². The summed E-state index contributed by atoms with van der Waals surface area (Å²) in [5.41, 5.74) is 1.70. The van der Waals surface area contributed by atoms with Crippen LogP contribution in [0, 0.1) is 0 Å². The number of aliphatic hydroxyl groups excluding tert-OH is 2. The Hall–Kier alpha value is -2.82. The molecule has 0 fully saturated rings. The molecule has 10 heteroatoms. The van der Waals surface area contributed by atoms with Gasteiger partial charge in [0, 0.05) is 30.8 Å². The lowest BCUT2D eigenvalue weighted by Gasteiger charge is -2.16. The number of sulfonamides is 1. The Morgan fingerprint density at radius 2 is 1.90 bits per heavy atom. The molecule has 0 spiro atoms. The van der Waals surface area contributed by atoms with Gasteiger partial charge in [-0.25, -0.2) is 22.7 Å². The van der Waals surface area contributed by atoms with Gasteiger partial charge in [-0.05, 0) is 0 Å². The van der Waals surface area contributed by atoms with Gasteiger partial charge in [0.25, 0.3) is 0 Å². The van der Waals surface area contributed by atoms with Crippen molar-refractivity contribution in [2.45, 2.75) is 25.0 Å². The second-order valence-corrected chi connectivity index (χ2v) is 8.50. The first-order valence-corrected chi connectivity index (χ1v) is 10.5. The molecule has 156 valence electrons. The Kier molecular flexibility index (Phi) is 7.43. The van der Waals surface area contributed by atoms with Crippen LogP contribution >= 0.6 is 0 Å². The molecule has 2 rings (SSSR count). The van der Waals surface area contributed by atoms with Gasteiger partial charge in [-0.15, -0.1) is 0 Å². The van der Waals surface area contributed by atoms with Crippen molar-refractivity contribution in [3.63, 3.8) is 0 Å². The summed E-state index contributed by atoms with van der Waals surface area (Å²) >= 11 is 0. The molecule has 1 aromatic heterocycles. The quantitative estimate of drug-likeness (QED) is 0.547. The second-order valence-electron chi connectivity index (χ2n) is 6.48. The third-order valence-electron chi connectivity index (χ3n) is 4.05. The molecule has 0 radical (unpaired) electrons. The molecule has 9 nitrogen and oxygen atoms in total. The first-order chi connectivity index (χ1) is 13.6. The van der Waals surface area contributed by atoms with Crippen LogP contribution < -0.4 is 4.31 Å². The van der Waals surface area contributed by atoms with Crippen molar-refractivity contribution in [3.05, 3.63) is 48.2 Å². The fraction of sp³-hybridized carbons (Fsp3) is 0.316. The van der Waals surface area contributed by atoms with E-state index < -0.39 is 34.6 Å². The zero-order chi connectivity index (χ0) is 21.6. The number of anilines is 1. The average molecular weight is 421 g/mol. The number of carboxylic acid groups (broad SMARTS) is 1. The van der Waals surface area contributed by atoms with Gasteiger partial charge in [-0.2, -0.15) is 0 Å². The topological polar surface area (TPSA) is 141 Å². The van der Waals surface area contributed by atoms with Gasteiger partial charge < -0.3 is 15.3 Å². The number of hydrogen-bond acceptors (Lipinski definition) is 7. The van der Waals surface area contributed by atoms with Crippen LogP contribution in [0.3, 0.4) is 0 Å². The fourth-order valence-corrected chi connectivity index (χ4v) is 2.87. The third-order valence-corrected chi connectivity index (χ3v) is 5.21. The van der Waals surface area contributed by atoms with Crippen molar-refractivity contribution in [1.82, 2.24) is 9.97 Å². The van der Waals surface area contributed by atoms with Gasteiger partial charge in [0.2, 0.25) is 16.0 Å². The van der Waals surface area contributed by atoms with E-state index >= 15 is 0 Å². The summed E-state index contributed by atoms with van der Waals surface area (Å²) in [7, 11) is -2.19. The van der Waals surface area contributed by atoms with Crippen molar-refractivity contribution in [3.8, 4) is 11.3 Å². The van der Waals surface area contributed by atoms with Crippen LogP contribution in [0.25, 0.3) is 17.3 Å². The minimum absolute atomic E-state index is 0.000863. The summed E-state index contributed by atoms with van der Waals surface area (Å²) in [4.78, 5) is 19.1. The predicted octanol–water partition coefficient (Wildman–Crippen LogP) is 1.14. The molecule has 2 atom stereocenters. The highest BCUT2D eigenvalue weighted by Gasteiger charge is 2.18. The van der Waals surface area contributed by atoms with Gasteiger partial charge in [-0.1, -0.05) is 42.5 Å². The Labute approximate surface area is 169 Å². The first-order valence-electron chi connectivity index (χ1n) is 8.70. The Morgan fingerprint density at radius 3 is 2.48 bits per heavy atom. The summed E-state index contributed by atoms with van der Waals surface area (Å²) in [6.07, 6.45) is 2.57. The molecule has 1 aromatic carbocycles. The van der Waals surface area contributed by atoms with Gasteiger partial charge in [0.05, 0.1) is 30.6 Å². The largest absolute Gasteiger partial charge is 0.481 e. The highest BCUT2D eigenvalue weighted by Crippen LogP contribution is 2.25. The van der Waals surface area contributed by atoms with Crippen molar-refractivity contribution in [2.75, 3.05) is 17.6 Å². The van der Waals surface area contributed by atoms with E-state index in [1.807, 2.05) is 18.2 Å². The van der Waals surface area contributed by atoms with Crippen LogP contribution in [0.5, 0.6) is 0 Å². The summed E-state index contributed by atoms with van der Waals surface area (Å²) in [5, 5.41) is 28.3. The molecule has 0 amide bonds. The number of hydrogen-bond donors (Lipinski definition) is 3. The van der Waals surface area contributed by atoms with Crippen molar-refractivity contribution < 1.29 is 28.5 Å². The highest BCUT2D eigenvalue weighted by atomic mass is 32.2. The number of benzene rings is 1. The lowest BCUT2D eigenvalue weighted by atomic mass is 10.0. The number of aliphatic hydroxyl groups is 2. The van der Waals surface area contributed by atoms with E-state index in [0.717, 1.165) is 16.1 Å². The van der Waals surface area contributed by atoms with Crippen molar-refractivity contribution >= 4 is 28.0 Å². The van der Waals surface area contributed by atoms with Crippen LogP contribution in [-0.4, -0.2) is 65.2 Å². The number of carboxylic acids is 1. The summed E-state index contributed by atoms with van der Waals surface area (Å²) in [6, 6.07) is 9.05. The van der Waals surface area contributed by atoms with Gasteiger partial charge in [-0.3, -0.25) is 4.79 Å². The maximum absolute atomic E-state index is 11.8. The van der Waals surface area contributed by atoms with Crippen LogP contribution in [-0.2, 0) is 14.8 Å². The van der Waals surface area contributed by atoms with Crippen molar-refractivity contribution in [1.29, 1.82) is 0 Å². The highest BCUT2D eigenvalue weighted by molar-refractivity contribution is 7.92. The smallest absolute Gasteiger partial charge is 0.305 e. The molecule has 0 saturated heterocycles. The van der Waals surface area contributed by atoms with E-state index in [1.165, 1.54) is 19.3 Å². The molecule has 29 heavy (non-hydrogen) atoms. The monoisotopic (exact) mass is 421 g/mol. The SMILES string of the molecule is CN(c1ncc(/C=C/[C@@H](O)C[C@@H](O)CC(=O)O)c(-c2ccccc2)n1)S(C)(=O)=O. The minimum Gasteiger partial charge on any atom is -0.481 e. The predicted molar refractivity (Wildman–Crippen MR) is 109 cm³/mol. The third kappa shape index (κ3) is 6.63. The Balaban J connectivity index is 2.35. The summed E-state index contributed by atoms with van der Waals surface area (Å²) < 4.78 is 24.5. The second kappa shape index (κ2) is 9.59. The van der Waals surface area contributed by atoms with E-state index in [-0.39, 0.29) is 12.4 Å². The number of carbonyl (C=O) groups is 1. The zero-order valence-corrected chi connectivity index (χ0v) is 16.8. The molecule has 0 unspecified atom stereocenters. The number of aliphatic carboxylic acids is 1. The minimum atomic E-state index is -3.54. The fourth-order valence-electron chi connectivity index (χ4n) is 2.49. The number of nitrogens with zero attached hydrogens (tertiary/aromatic N) is 3. The molecule has 0 aliphatic carbocycles. The molecule has 0 aliphatic heterocycles. The molecule has 0 aliphatic rings. The Morgan fingerprint density at radius 1 is 1.24 bits per heavy atom. The standard InChI is InChI=1S/C19H23N3O6S/c1-22(29(2,27)28)19-20-12-14(18(21-19)13-6-4-3-5-7-13)8-9-15(23)10-16(24)11-17(25)26/h3-9,12,15-16,23-24H,10-11H2,1-2H3,(H,25,26)/b9-8+/t15-,16-/m1/s1. The van der Waals surface area contributed by atoms with E-state index in [4.69, 9.17) is 5.11 Å². The maximum Gasteiger partial charge on any atom is 0.305 e. The van der Waals surface area contributed by atoms with Crippen LogP contribution in [0.1, 0.15) is 18.4 Å². The first kappa shape index (κ1) is 22.5. The van der Waals surface area contributed by atoms with Crippen LogP contribution in [0.2, 0.25) is 0 Å². The van der Waals surface area contributed by atoms with E-state index in [1.54, 1.807) is 18.2 Å². The van der Waals surface area contributed by atoms with Crippen LogP contribution in [0.15, 0.2) is 42.6 Å². The zero-order valence-electron chi connectivity index (χ0n) is 16.0. The summed E-state index contributed by atoms with van der Waals surface area (Å²) in [6.45, 7) is 0. The number of aromatic nitrogens is 2. The lowest BCUT2D eigenvalue weighted by molar-refractivity contribution is -0.139. The molecule has 2 aromatic rings. The van der Waals surface area contributed by atoms with Crippen molar-refractivity contribution in [2.24, 2.45) is 0 Å². The molecule has 0 bridgehead atoms. The van der Waals surface area contributed by atoms with Gasteiger partial charge in [0.15, 0.2) is 0 Å². The maximum atomic E-state index is 11.8.